The fourth-order valence-electron chi connectivity index (χ4n) is 1.58. The molecule has 1 aromatic rings. The number of nitrogens with zero attached hydrogens (tertiary/aromatic N) is 2. The zero-order valence-corrected chi connectivity index (χ0v) is 9.67. The van der Waals surface area contributed by atoms with Gasteiger partial charge in [-0.05, 0) is 18.8 Å². The number of esters is 1. The van der Waals surface area contributed by atoms with Gasteiger partial charge < -0.3 is 14.1 Å². The number of hydrogen-bond acceptors (Lipinski definition) is 4. The molecule has 92 valence electrons. The number of hydrogen-bond donors (Lipinski definition) is 0. The number of ether oxygens (including phenoxy) is 1. The summed E-state index contributed by atoms with van der Waals surface area (Å²) in [5, 5.41) is 0. The van der Waals surface area contributed by atoms with Crippen LogP contribution in [0.3, 0.4) is 0 Å². The SMILES string of the molecule is O=CCCc1nccn1CC(=O)OCC1CC1. The van der Waals surface area contributed by atoms with Crippen molar-refractivity contribution in [2.24, 2.45) is 5.92 Å². The van der Waals surface area contributed by atoms with Gasteiger partial charge in [0.25, 0.3) is 0 Å². The fraction of sp³-hybridized carbons (Fsp3) is 0.583. The van der Waals surface area contributed by atoms with Crippen LogP contribution in [0.4, 0.5) is 0 Å². The molecule has 1 saturated carbocycles. The topological polar surface area (TPSA) is 61.2 Å². The minimum Gasteiger partial charge on any atom is -0.464 e. The second-order valence-corrected chi connectivity index (χ2v) is 4.30. The maximum atomic E-state index is 11.5. The summed E-state index contributed by atoms with van der Waals surface area (Å²) in [6.07, 6.45) is 7.55. The molecule has 0 amide bonds. The Balaban J connectivity index is 1.81. The highest BCUT2D eigenvalue weighted by Gasteiger charge is 2.23. The number of carbonyl (C=O) groups excluding carboxylic acids is 2. The number of aromatic nitrogens is 2. The second kappa shape index (κ2) is 5.61. The zero-order valence-electron chi connectivity index (χ0n) is 9.67. The summed E-state index contributed by atoms with van der Waals surface area (Å²) >= 11 is 0. The first-order valence-electron chi connectivity index (χ1n) is 5.89. The number of imidazole rings is 1. The average Bonchev–Trinajstić information content (AvgIpc) is 3.05. The molecular formula is C12H16N2O3. The standard InChI is InChI=1S/C12H16N2O3/c15-7-1-2-11-13-5-6-14(11)8-12(16)17-9-10-3-4-10/h5-7,10H,1-4,8-9H2. The van der Waals surface area contributed by atoms with Crippen molar-refractivity contribution in [1.29, 1.82) is 0 Å². The van der Waals surface area contributed by atoms with Crippen molar-refractivity contribution in [1.82, 2.24) is 9.55 Å². The summed E-state index contributed by atoms with van der Waals surface area (Å²) < 4.78 is 6.88. The molecule has 0 unspecified atom stereocenters. The highest BCUT2D eigenvalue weighted by atomic mass is 16.5. The molecular weight excluding hydrogens is 220 g/mol. The van der Waals surface area contributed by atoms with E-state index < -0.39 is 0 Å². The van der Waals surface area contributed by atoms with E-state index in [9.17, 15) is 9.59 Å². The molecule has 0 aliphatic heterocycles. The molecule has 0 radical (unpaired) electrons. The normalized spacial score (nSPS) is 14.6. The van der Waals surface area contributed by atoms with Gasteiger partial charge in [-0.15, -0.1) is 0 Å². The van der Waals surface area contributed by atoms with Crippen molar-refractivity contribution < 1.29 is 14.3 Å². The van der Waals surface area contributed by atoms with E-state index in [1.807, 2.05) is 0 Å². The molecule has 0 N–H and O–H groups in total. The number of aryl methyl sites for hydroxylation is 1. The summed E-state index contributed by atoms with van der Waals surface area (Å²) in [5.74, 6) is 1.10. The van der Waals surface area contributed by atoms with Gasteiger partial charge in [-0.3, -0.25) is 4.79 Å². The van der Waals surface area contributed by atoms with E-state index >= 15 is 0 Å². The van der Waals surface area contributed by atoms with E-state index in [0.29, 0.717) is 25.4 Å². The van der Waals surface area contributed by atoms with Crippen molar-refractivity contribution in [3.8, 4) is 0 Å². The van der Waals surface area contributed by atoms with Crippen LogP contribution in [0.5, 0.6) is 0 Å². The summed E-state index contributed by atoms with van der Waals surface area (Å²) in [5.41, 5.74) is 0. The van der Waals surface area contributed by atoms with E-state index in [-0.39, 0.29) is 12.5 Å². The smallest absolute Gasteiger partial charge is 0.326 e. The van der Waals surface area contributed by atoms with Crippen molar-refractivity contribution in [2.75, 3.05) is 6.61 Å². The Labute approximate surface area is 99.8 Å². The third-order valence-corrected chi connectivity index (χ3v) is 2.76. The molecule has 17 heavy (non-hydrogen) atoms. The first-order valence-corrected chi connectivity index (χ1v) is 5.89. The van der Waals surface area contributed by atoms with Crippen LogP contribution in [-0.4, -0.2) is 28.4 Å². The lowest BCUT2D eigenvalue weighted by Gasteiger charge is -2.07. The quantitative estimate of drug-likeness (QED) is 0.522. The molecule has 1 aromatic heterocycles. The van der Waals surface area contributed by atoms with Crippen LogP contribution in [0.1, 0.15) is 25.1 Å². The Kier molecular flexibility index (Phi) is 3.90. The van der Waals surface area contributed by atoms with Gasteiger partial charge in [0.15, 0.2) is 0 Å². The Morgan fingerprint density at radius 2 is 2.41 bits per heavy atom. The van der Waals surface area contributed by atoms with Gasteiger partial charge in [-0.25, -0.2) is 4.98 Å². The van der Waals surface area contributed by atoms with Gasteiger partial charge in [0.1, 0.15) is 18.7 Å². The maximum absolute atomic E-state index is 11.5. The molecule has 0 bridgehead atoms. The minimum absolute atomic E-state index is 0.181. The summed E-state index contributed by atoms with van der Waals surface area (Å²) in [4.78, 5) is 25.9. The van der Waals surface area contributed by atoms with E-state index in [0.717, 1.165) is 12.1 Å². The van der Waals surface area contributed by atoms with Crippen molar-refractivity contribution in [3.63, 3.8) is 0 Å². The molecule has 0 atom stereocenters. The Bertz CT molecular complexity index is 396. The van der Waals surface area contributed by atoms with E-state index in [1.54, 1.807) is 17.0 Å². The van der Waals surface area contributed by atoms with Gasteiger partial charge >= 0.3 is 5.97 Å². The molecule has 5 nitrogen and oxygen atoms in total. The van der Waals surface area contributed by atoms with Crippen LogP contribution in [-0.2, 0) is 27.3 Å². The average molecular weight is 236 g/mol. The van der Waals surface area contributed by atoms with Gasteiger partial charge in [0.05, 0.1) is 6.61 Å². The lowest BCUT2D eigenvalue weighted by molar-refractivity contribution is -0.144. The summed E-state index contributed by atoms with van der Waals surface area (Å²) in [7, 11) is 0. The third kappa shape index (κ3) is 3.69. The monoisotopic (exact) mass is 236 g/mol. The van der Waals surface area contributed by atoms with Crippen molar-refractivity contribution in [2.45, 2.75) is 32.2 Å². The molecule has 1 aliphatic rings. The van der Waals surface area contributed by atoms with Crippen molar-refractivity contribution >= 4 is 12.3 Å². The maximum Gasteiger partial charge on any atom is 0.326 e. The molecule has 0 aromatic carbocycles. The van der Waals surface area contributed by atoms with Gasteiger partial charge in [0.2, 0.25) is 0 Å². The molecule has 0 spiro atoms. The van der Waals surface area contributed by atoms with E-state index in [4.69, 9.17) is 4.74 Å². The van der Waals surface area contributed by atoms with Gasteiger partial charge in [0, 0.05) is 25.2 Å². The Hall–Kier alpha value is -1.65. The Morgan fingerprint density at radius 3 is 3.12 bits per heavy atom. The highest BCUT2D eigenvalue weighted by molar-refractivity contribution is 5.69. The first-order chi connectivity index (χ1) is 8.29. The number of carbonyl (C=O) groups is 2. The predicted octanol–water partition coefficient (Wildman–Crippen LogP) is 0.968. The summed E-state index contributed by atoms with van der Waals surface area (Å²) in [6, 6.07) is 0. The largest absolute Gasteiger partial charge is 0.464 e. The Morgan fingerprint density at radius 1 is 1.59 bits per heavy atom. The number of aldehydes is 1. The predicted molar refractivity (Wildman–Crippen MR) is 60.3 cm³/mol. The van der Waals surface area contributed by atoms with Crippen LogP contribution < -0.4 is 0 Å². The molecule has 5 heteroatoms. The van der Waals surface area contributed by atoms with Crippen LogP contribution in [0.25, 0.3) is 0 Å². The van der Waals surface area contributed by atoms with Gasteiger partial charge in [-0.1, -0.05) is 0 Å². The molecule has 1 fully saturated rings. The summed E-state index contributed by atoms with van der Waals surface area (Å²) in [6.45, 7) is 0.720. The van der Waals surface area contributed by atoms with E-state index in [1.165, 1.54) is 12.8 Å². The molecule has 1 heterocycles. The van der Waals surface area contributed by atoms with Crippen LogP contribution >= 0.6 is 0 Å². The molecule has 2 rings (SSSR count). The number of rotatable bonds is 7. The first kappa shape index (κ1) is 11.8. The molecule has 0 saturated heterocycles. The third-order valence-electron chi connectivity index (χ3n) is 2.76. The van der Waals surface area contributed by atoms with E-state index in [2.05, 4.69) is 4.98 Å². The highest BCUT2D eigenvalue weighted by Crippen LogP contribution is 2.28. The van der Waals surface area contributed by atoms with Crippen LogP contribution in [0.2, 0.25) is 0 Å². The zero-order chi connectivity index (χ0) is 12.1. The lowest BCUT2D eigenvalue weighted by atomic mass is 10.3. The van der Waals surface area contributed by atoms with Crippen molar-refractivity contribution in [3.05, 3.63) is 18.2 Å². The second-order valence-electron chi connectivity index (χ2n) is 4.30. The lowest BCUT2D eigenvalue weighted by Crippen LogP contribution is -2.16. The van der Waals surface area contributed by atoms with Crippen LogP contribution in [0.15, 0.2) is 12.4 Å². The van der Waals surface area contributed by atoms with Crippen LogP contribution in [0, 0.1) is 5.92 Å². The minimum atomic E-state index is -0.234. The fourth-order valence-corrected chi connectivity index (χ4v) is 1.58. The van der Waals surface area contributed by atoms with Gasteiger partial charge in [-0.2, -0.15) is 0 Å². The molecule has 1 aliphatic carbocycles.